The lowest BCUT2D eigenvalue weighted by Gasteiger charge is -2.44. The minimum absolute atomic E-state index is 0.0207. The van der Waals surface area contributed by atoms with Crippen molar-refractivity contribution in [3.05, 3.63) is 88.9 Å². The third-order valence-electron chi connectivity index (χ3n) is 5.95. The molecule has 3 aromatic rings. The van der Waals surface area contributed by atoms with Crippen molar-refractivity contribution in [2.45, 2.75) is 44.8 Å². The Morgan fingerprint density at radius 3 is 2.10 bits per heavy atom. The molecule has 1 heterocycles. The van der Waals surface area contributed by atoms with Gasteiger partial charge >= 0.3 is 0 Å². The fourth-order valence-electron chi connectivity index (χ4n) is 4.51. The molecule has 0 amide bonds. The summed E-state index contributed by atoms with van der Waals surface area (Å²) in [6.07, 6.45) is 2.06. The van der Waals surface area contributed by atoms with Gasteiger partial charge in [0.15, 0.2) is 0 Å². The first-order chi connectivity index (χ1) is 14.4. The molecule has 0 spiro atoms. The highest BCUT2D eigenvalue weighted by Crippen LogP contribution is 2.37. The summed E-state index contributed by atoms with van der Waals surface area (Å²) in [6, 6.07) is 27.9. The van der Waals surface area contributed by atoms with Crippen molar-refractivity contribution in [3.63, 3.8) is 0 Å². The molecule has 4 rings (SSSR count). The summed E-state index contributed by atoms with van der Waals surface area (Å²) in [6.45, 7) is 7.54. The van der Waals surface area contributed by atoms with Gasteiger partial charge in [0.05, 0.1) is 6.61 Å². The summed E-state index contributed by atoms with van der Waals surface area (Å²) in [4.78, 5) is 0. The average Bonchev–Trinajstić information content (AvgIpc) is 2.75. The van der Waals surface area contributed by atoms with E-state index in [1.54, 1.807) is 0 Å². The number of halogens is 1. The maximum absolute atomic E-state index is 7.05. The third kappa shape index (κ3) is 4.14. The molecular weight excluding hydrogens is 452 g/mol. The molecule has 156 valence electrons. The van der Waals surface area contributed by atoms with Crippen molar-refractivity contribution in [3.8, 4) is 5.75 Å². The van der Waals surface area contributed by atoms with Gasteiger partial charge in [-0.15, -0.1) is 0 Å². The zero-order valence-electron chi connectivity index (χ0n) is 17.9. The van der Waals surface area contributed by atoms with E-state index in [4.69, 9.17) is 9.16 Å². The summed E-state index contributed by atoms with van der Waals surface area (Å²) in [5.41, 5.74) is 1.27. The van der Waals surface area contributed by atoms with Crippen LogP contribution in [0.25, 0.3) is 0 Å². The molecule has 0 fully saturated rings. The van der Waals surface area contributed by atoms with Gasteiger partial charge in [0.2, 0.25) is 0 Å². The van der Waals surface area contributed by atoms with Crippen LogP contribution in [-0.2, 0) is 10.8 Å². The van der Waals surface area contributed by atoms with Crippen molar-refractivity contribution in [2.24, 2.45) is 0 Å². The van der Waals surface area contributed by atoms with E-state index in [0.29, 0.717) is 6.61 Å². The Balaban J connectivity index is 1.67. The monoisotopic (exact) mass is 480 g/mol. The minimum atomic E-state index is -2.52. The second-order valence-corrected chi connectivity index (χ2v) is 14.2. The largest absolute Gasteiger partial charge is 0.488 e. The van der Waals surface area contributed by atoms with Crippen LogP contribution in [0.5, 0.6) is 5.75 Å². The van der Waals surface area contributed by atoms with Crippen LogP contribution in [0.4, 0.5) is 0 Å². The number of hydrogen-bond acceptors (Lipinski definition) is 2. The fraction of sp³-hybridized carbons (Fsp3) is 0.308. The van der Waals surface area contributed by atoms with Crippen molar-refractivity contribution in [2.75, 3.05) is 6.61 Å². The number of hydrogen-bond donors (Lipinski definition) is 0. The van der Waals surface area contributed by atoms with Gasteiger partial charge < -0.3 is 9.16 Å². The second-order valence-electron chi connectivity index (χ2n) is 9.00. The van der Waals surface area contributed by atoms with Gasteiger partial charge in [-0.2, -0.15) is 0 Å². The van der Waals surface area contributed by atoms with Gasteiger partial charge in [-0.1, -0.05) is 97.4 Å². The van der Waals surface area contributed by atoms with Crippen LogP contribution < -0.4 is 15.1 Å². The molecule has 0 saturated carbocycles. The van der Waals surface area contributed by atoms with Crippen LogP contribution in [0.2, 0.25) is 5.04 Å². The highest BCUT2D eigenvalue weighted by Gasteiger charge is 2.50. The summed E-state index contributed by atoms with van der Waals surface area (Å²) in [5, 5.41) is 2.60. The summed E-state index contributed by atoms with van der Waals surface area (Å²) in [7, 11) is -2.52. The highest BCUT2D eigenvalue weighted by molar-refractivity contribution is 9.10. The van der Waals surface area contributed by atoms with Crippen LogP contribution in [0.15, 0.2) is 83.3 Å². The standard InChI is InChI=1S/C26H29BrO2Si/c1-26(2,3)30(23-10-6-4-7-11-23,24-12-8-5-9-13-24)28-19-22-16-14-20-18-21(27)15-17-25(20)29-22/h4-13,15,17-18,22H,14,16,19H2,1-3H3/t22-/m1/s1. The van der Waals surface area contributed by atoms with Crippen LogP contribution in [0.3, 0.4) is 0 Å². The van der Waals surface area contributed by atoms with E-state index in [-0.39, 0.29) is 11.1 Å². The maximum atomic E-state index is 7.05. The Morgan fingerprint density at radius 1 is 0.933 bits per heavy atom. The first-order valence-electron chi connectivity index (χ1n) is 10.6. The van der Waals surface area contributed by atoms with Crippen molar-refractivity contribution in [1.29, 1.82) is 0 Å². The van der Waals surface area contributed by atoms with Gasteiger partial charge in [0.1, 0.15) is 11.9 Å². The zero-order valence-corrected chi connectivity index (χ0v) is 20.5. The molecule has 0 saturated heterocycles. The van der Waals surface area contributed by atoms with E-state index in [1.165, 1.54) is 15.9 Å². The predicted molar refractivity (Wildman–Crippen MR) is 130 cm³/mol. The molecule has 1 atom stereocenters. The SMILES string of the molecule is CC(C)(C)[Si](OC[C@H]1CCc2cc(Br)ccc2O1)(c1ccccc1)c1ccccc1. The lowest BCUT2D eigenvalue weighted by molar-refractivity contribution is 0.104. The predicted octanol–water partition coefficient (Wildman–Crippen LogP) is 5.72. The normalized spacial score (nSPS) is 16.6. The van der Waals surface area contributed by atoms with Gasteiger partial charge in [0, 0.05) is 4.47 Å². The smallest absolute Gasteiger partial charge is 0.261 e. The van der Waals surface area contributed by atoms with E-state index in [0.717, 1.165) is 23.1 Å². The first-order valence-corrected chi connectivity index (χ1v) is 13.3. The van der Waals surface area contributed by atoms with Gasteiger partial charge in [-0.3, -0.25) is 0 Å². The number of aryl methyl sites for hydroxylation is 1. The minimum Gasteiger partial charge on any atom is -0.488 e. The summed E-state index contributed by atoms with van der Waals surface area (Å²) >= 11 is 3.56. The van der Waals surface area contributed by atoms with Gasteiger partial charge in [0.25, 0.3) is 8.32 Å². The molecule has 0 radical (unpaired) electrons. The molecule has 0 N–H and O–H groups in total. The maximum Gasteiger partial charge on any atom is 0.261 e. The highest BCUT2D eigenvalue weighted by atomic mass is 79.9. The van der Waals surface area contributed by atoms with Crippen molar-refractivity contribution in [1.82, 2.24) is 0 Å². The molecule has 1 aliphatic rings. The van der Waals surface area contributed by atoms with Crippen LogP contribution in [0, 0.1) is 0 Å². The zero-order chi connectivity index (χ0) is 21.2. The molecule has 30 heavy (non-hydrogen) atoms. The molecule has 4 heteroatoms. The Labute approximate surface area is 189 Å². The molecule has 3 aromatic carbocycles. The van der Waals surface area contributed by atoms with Crippen molar-refractivity contribution < 1.29 is 9.16 Å². The van der Waals surface area contributed by atoms with E-state index in [2.05, 4.69) is 109 Å². The molecular formula is C26H29BrO2Si. The third-order valence-corrected chi connectivity index (χ3v) is 11.5. The van der Waals surface area contributed by atoms with E-state index in [9.17, 15) is 0 Å². The van der Waals surface area contributed by atoms with E-state index < -0.39 is 8.32 Å². The molecule has 0 aliphatic carbocycles. The molecule has 0 bridgehead atoms. The Hall–Kier alpha value is -1.88. The molecule has 0 unspecified atom stereocenters. The van der Waals surface area contributed by atoms with E-state index >= 15 is 0 Å². The van der Waals surface area contributed by atoms with Crippen LogP contribution in [-0.4, -0.2) is 21.0 Å². The molecule has 0 aromatic heterocycles. The fourth-order valence-corrected chi connectivity index (χ4v) is 9.51. The number of benzene rings is 3. The molecule has 1 aliphatic heterocycles. The quantitative estimate of drug-likeness (QED) is 0.434. The molecule has 2 nitrogen and oxygen atoms in total. The average molecular weight is 482 g/mol. The van der Waals surface area contributed by atoms with Gasteiger partial charge in [-0.05, 0) is 52.0 Å². The Morgan fingerprint density at radius 2 is 1.53 bits per heavy atom. The Kier molecular flexibility index (Phi) is 6.19. The van der Waals surface area contributed by atoms with Crippen LogP contribution >= 0.6 is 15.9 Å². The Bertz CT molecular complexity index is 943. The lowest BCUT2D eigenvalue weighted by atomic mass is 10.0. The first kappa shape index (κ1) is 21.4. The number of rotatable bonds is 5. The topological polar surface area (TPSA) is 18.5 Å². The summed E-state index contributed by atoms with van der Waals surface area (Å²) < 4.78 is 14.5. The number of ether oxygens (including phenoxy) is 1. The van der Waals surface area contributed by atoms with Crippen molar-refractivity contribution >= 4 is 34.6 Å². The lowest BCUT2D eigenvalue weighted by Crippen LogP contribution is -2.67. The van der Waals surface area contributed by atoms with Crippen LogP contribution in [0.1, 0.15) is 32.8 Å². The second kappa shape index (κ2) is 8.70. The number of fused-ring (bicyclic) bond motifs is 1. The van der Waals surface area contributed by atoms with E-state index in [1.807, 2.05) is 6.07 Å². The summed E-state index contributed by atoms with van der Waals surface area (Å²) in [5.74, 6) is 0.987. The van der Waals surface area contributed by atoms with Gasteiger partial charge in [-0.25, -0.2) is 0 Å².